The zero-order valence-electron chi connectivity index (χ0n) is 8.75. The Morgan fingerprint density at radius 3 is 3.00 bits per heavy atom. The first-order valence-electron chi connectivity index (χ1n) is 4.77. The van der Waals surface area contributed by atoms with E-state index in [-0.39, 0.29) is 11.9 Å². The van der Waals surface area contributed by atoms with Gasteiger partial charge in [0.1, 0.15) is 0 Å². The van der Waals surface area contributed by atoms with Crippen molar-refractivity contribution in [2.45, 2.75) is 6.42 Å². The molecule has 2 heterocycles. The van der Waals surface area contributed by atoms with Gasteiger partial charge >= 0.3 is 5.97 Å². The maximum atomic E-state index is 11.3. The minimum atomic E-state index is -0.160. The number of nitrogens with zero attached hydrogens (tertiary/aromatic N) is 5. The van der Waals surface area contributed by atoms with Crippen molar-refractivity contribution in [1.82, 2.24) is 20.2 Å². The Bertz CT molecular complexity index is 364. The van der Waals surface area contributed by atoms with Crippen LogP contribution in [-0.4, -0.2) is 46.4 Å². The van der Waals surface area contributed by atoms with Crippen molar-refractivity contribution in [1.29, 1.82) is 0 Å². The average molecular weight is 211 g/mol. The predicted octanol–water partition coefficient (Wildman–Crippen LogP) is -0.791. The predicted molar refractivity (Wildman–Crippen MR) is 51.1 cm³/mol. The van der Waals surface area contributed by atoms with Crippen LogP contribution in [0.15, 0.2) is 0 Å². The van der Waals surface area contributed by atoms with Crippen LogP contribution in [0, 0.1) is 5.92 Å². The highest BCUT2D eigenvalue weighted by Gasteiger charge is 2.31. The van der Waals surface area contributed by atoms with Gasteiger partial charge in [-0.1, -0.05) is 5.10 Å². The van der Waals surface area contributed by atoms with Gasteiger partial charge in [0.05, 0.1) is 13.0 Å². The van der Waals surface area contributed by atoms with Crippen LogP contribution in [0.4, 0.5) is 5.95 Å². The maximum Gasteiger partial charge on any atom is 0.310 e. The summed E-state index contributed by atoms with van der Waals surface area (Å²) in [6, 6.07) is 0. The molecule has 1 unspecified atom stereocenters. The second-order valence-electron chi connectivity index (χ2n) is 3.56. The van der Waals surface area contributed by atoms with Crippen LogP contribution in [-0.2, 0) is 16.6 Å². The molecule has 1 aromatic heterocycles. The fourth-order valence-electron chi connectivity index (χ4n) is 1.79. The van der Waals surface area contributed by atoms with Crippen LogP contribution >= 0.6 is 0 Å². The second-order valence-corrected chi connectivity index (χ2v) is 3.56. The molecule has 1 aromatic rings. The van der Waals surface area contributed by atoms with E-state index in [1.807, 2.05) is 4.90 Å². The lowest BCUT2D eigenvalue weighted by Crippen LogP contribution is -2.25. The van der Waals surface area contributed by atoms with Gasteiger partial charge in [-0.2, -0.15) is 0 Å². The summed E-state index contributed by atoms with van der Waals surface area (Å²) in [5, 5.41) is 11.2. The highest BCUT2D eigenvalue weighted by Crippen LogP contribution is 2.21. The SMILES string of the molecule is COC(=O)C1CCN(c2nnnn2C)C1. The largest absolute Gasteiger partial charge is 0.469 e. The summed E-state index contributed by atoms with van der Waals surface area (Å²) >= 11 is 0. The molecule has 1 fully saturated rings. The monoisotopic (exact) mass is 211 g/mol. The molecule has 1 aliphatic rings. The molecule has 0 aromatic carbocycles. The number of ether oxygens (including phenoxy) is 1. The fourth-order valence-corrected chi connectivity index (χ4v) is 1.79. The van der Waals surface area contributed by atoms with Gasteiger partial charge in [-0.05, 0) is 16.8 Å². The van der Waals surface area contributed by atoms with Crippen LogP contribution in [0.3, 0.4) is 0 Å². The molecular weight excluding hydrogens is 198 g/mol. The average Bonchev–Trinajstić information content (AvgIpc) is 2.84. The van der Waals surface area contributed by atoms with E-state index in [2.05, 4.69) is 15.5 Å². The highest BCUT2D eigenvalue weighted by atomic mass is 16.5. The van der Waals surface area contributed by atoms with Crippen molar-refractivity contribution in [3.63, 3.8) is 0 Å². The number of methoxy groups -OCH3 is 1. The number of carbonyl (C=O) groups excluding carboxylic acids is 1. The van der Waals surface area contributed by atoms with Gasteiger partial charge in [0.15, 0.2) is 0 Å². The topological polar surface area (TPSA) is 73.1 Å². The molecule has 1 atom stereocenters. The van der Waals surface area contributed by atoms with Crippen LogP contribution in [0.5, 0.6) is 0 Å². The quantitative estimate of drug-likeness (QED) is 0.597. The summed E-state index contributed by atoms with van der Waals surface area (Å²) in [4.78, 5) is 13.3. The standard InChI is InChI=1S/C8H13N5O2/c1-12-8(9-10-11-12)13-4-3-6(5-13)7(14)15-2/h6H,3-5H2,1-2H3. The number of esters is 1. The summed E-state index contributed by atoms with van der Waals surface area (Å²) in [6.07, 6.45) is 0.791. The van der Waals surface area contributed by atoms with E-state index in [9.17, 15) is 4.79 Å². The molecule has 82 valence electrons. The summed E-state index contributed by atoms with van der Waals surface area (Å²) in [6.45, 7) is 1.41. The van der Waals surface area contributed by atoms with Crippen molar-refractivity contribution >= 4 is 11.9 Å². The Kier molecular flexibility index (Phi) is 2.53. The van der Waals surface area contributed by atoms with Crippen LogP contribution in [0.25, 0.3) is 0 Å². The van der Waals surface area contributed by atoms with Crippen molar-refractivity contribution in [3.8, 4) is 0 Å². The Labute approximate surface area is 87.0 Å². The third kappa shape index (κ3) is 1.77. The van der Waals surface area contributed by atoms with Gasteiger partial charge < -0.3 is 9.64 Å². The molecule has 0 N–H and O–H groups in total. The molecule has 1 saturated heterocycles. The minimum Gasteiger partial charge on any atom is -0.469 e. The molecule has 7 nitrogen and oxygen atoms in total. The molecule has 0 radical (unpaired) electrons. The Morgan fingerprint density at radius 1 is 1.60 bits per heavy atom. The van der Waals surface area contributed by atoms with Crippen molar-refractivity contribution in [2.75, 3.05) is 25.1 Å². The lowest BCUT2D eigenvalue weighted by atomic mass is 10.1. The van der Waals surface area contributed by atoms with Crippen LogP contribution in [0.2, 0.25) is 0 Å². The van der Waals surface area contributed by atoms with Crippen LogP contribution < -0.4 is 4.90 Å². The number of carbonyl (C=O) groups is 1. The normalized spacial score (nSPS) is 20.7. The number of aryl methyl sites for hydroxylation is 1. The summed E-state index contributed by atoms with van der Waals surface area (Å²) in [7, 11) is 3.19. The fraction of sp³-hybridized carbons (Fsp3) is 0.750. The number of hydrogen-bond donors (Lipinski definition) is 0. The number of anilines is 1. The molecule has 2 rings (SSSR count). The van der Waals surface area contributed by atoms with Gasteiger partial charge in [0.25, 0.3) is 0 Å². The molecule has 7 heteroatoms. The Balaban J connectivity index is 2.05. The second kappa shape index (κ2) is 3.84. The lowest BCUT2D eigenvalue weighted by molar-refractivity contribution is -0.144. The zero-order chi connectivity index (χ0) is 10.8. The van der Waals surface area contributed by atoms with E-state index in [0.29, 0.717) is 12.5 Å². The van der Waals surface area contributed by atoms with Gasteiger partial charge in [-0.25, -0.2) is 4.68 Å². The molecule has 1 aliphatic heterocycles. The van der Waals surface area contributed by atoms with Gasteiger partial charge in [-0.15, -0.1) is 0 Å². The van der Waals surface area contributed by atoms with Crippen LogP contribution in [0.1, 0.15) is 6.42 Å². The van der Waals surface area contributed by atoms with E-state index in [1.165, 1.54) is 7.11 Å². The molecule has 0 saturated carbocycles. The smallest absolute Gasteiger partial charge is 0.310 e. The van der Waals surface area contributed by atoms with Gasteiger partial charge in [0.2, 0.25) is 5.95 Å². The molecule has 0 amide bonds. The molecule has 15 heavy (non-hydrogen) atoms. The number of tetrazole rings is 1. The number of rotatable bonds is 2. The van der Waals surface area contributed by atoms with Gasteiger partial charge in [-0.3, -0.25) is 4.79 Å². The first kappa shape index (κ1) is 9.88. The molecule has 0 aliphatic carbocycles. The molecule has 0 bridgehead atoms. The minimum absolute atomic E-state index is 0.0632. The Morgan fingerprint density at radius 2 is 2.40 bits per heavy atom. The summed E-state index contributed by atoms with van der Waals surface area (Å²) in [5.74, 6) is 0.473. The number of aromatic nitrogens is 4. The Hall–Kier alpha value is -1.66. The van der Waals surface area contributed by atoms with Gasteiger partial charge in [0, 0.05) is 20.1 Å². The van der Waals surface area contributed by atoms with E-state index in [0.717, 1.165) is 13.0 Å². The third-order valence-corrected chi connectivity index (χ3v) is 2.60. The van der Waals surface area contributed by atoms with E-state index in [4.69, 9.17) is 4.74 Å². The van der Waals surface area contributed by atoms with Crippen molar-refractivity contribution < 1.29 is 9.53 Å². The van der Waals surface area contributed by atoms with E-state index >= 15 is 0 Å². The summed E-state index contributed by atoms with van der Waals surface area (Å²) < 4.78 is 6.30. The van der Waals surface area contributed by atoms with Crippen molar-refractivity contribution in [3.05, 3.63) is 0 Å². The first-order valence-corrected chi connectivity index (χ1v) is 4.77. The molecular formula is C8H13N5O2. The third-order valence-electron chi connectivity index (χ3n) is 2.60. The lowest BCUT2D eigenvalue weighted by Gasteiger charge is -2.14. The summed E-state index contributed by atoms with van der Waals surface area (Å²) in [5.41, 5.74) is 0. The van der Waals surface area contributed by atoms with E-state index < -0.39 is 0 Å². The molecule has 0 spiro atoms. The maximum absolute atomic E-state index is 11.3. The first-order chi connectivity index (χ1) is 7.22. The zero-order valence-corrected chi connectivity index (χ0v) is 8.75. The van der Waals surface area contributed by atoms with Crippen molar-refractivity contribution in [2.24, 2.45) is 13.0 Å². The van der Waals surface area contributed by atoms with E-state index in [1.54, 1.807) is 11.7 Å². The highest BCUT2D eigenvalue weighted by molar-refractivity contribution is 5.73. The number of hydrogen-bond acceptors (Lipinski definition) is 6.